The smallest absolute Gasteiger partial charge is 0.303 e. The molecule has 0 unspecified atom stereocenters. The van der Waals surface area contributed by atoms with E-state index in [4.69, 9.17) is 9.52 Å². The van der Waals surface area contributed by atoms with Crippen LogP contribution in [0, 0.1) is 0 Å². The lowest BCUT2D eigenvalue weighted by molar-refractivity contribution is -0.137. The number of aliphatic carboxylic acids is 1. The Morgan fingerprint density at radius 2 is 2.50 bits per heavy atom. The topological polar surface area (TPSA) is 63.3 Å². The molecule has 0 saturated heterocycles. The quantitative estimate of drug-likeness (QED) is 0.742. The highest BCUT2D eigenvalue weighted by Gasteiger charge is 2.05. The Kier molecular flexibility index (Phi) is 2.79. The summed E-state index contributed by atoms with van der Waals surface area (Å²) in [6.07, 6.45) is 1.57. The number of carboxylic acid groups (broad SMARTS) is 1. The Morgan fingerprint density at radius 3 is 3.00 bits per heavy atom. The van der Waals surface area contributed by atoms with Crippen molar-refractivity contribution in [2.45, 2.75) is 19.5 Å². The van der Waals surface area contributed by atoms with E-state index in [1.807, 2.05) is 0 Å². The van der Waals surface area contributed by atoms with Gasteiger partial charge < -0.3 is 9.52 Å². The molecule has 0 fully saturated rings. The first-order chi connectivity index (χ1) is 5.72. The van der Waals surface area contributed by atoms with Crippen molar-refractivity contribution >= 4 is 5.97 Å². The van der Waals surface area contributed by atoms with Gasteiger partial charge in [-0.25, -0.2) is 9.37 Å². The second-order valence-electron chi connectivity index (χ2n) is 2.25. The first kappa shape index (κ1) is 8.70. The van der Waals surface area contributed by atoms with Crippen molar-refractivity contribution in [3.63, 3.8) is 0 Å². The second-order valence-corrected chi connectivity index (χ2v) is 2.25. The predicted octanol–water partition coefficient (Wildman–Crippen LogP) is 1.16. The van der Waals surface area contributed by atoms with Gasteiger partial charge in [-0.15, -0.1) is 0 Å². The Bertz CT molecular complexity index is 271. The van der Waals surface area contributed by atoms with Gasteiger partial charge in [0.05, 0.1) is 12.6 Å². The van der Waals surface area contributed by atoms with Gasteiger partial charge in [0, 0.05) is 6.42 Å². The van der Waals surface area contributed by atoms with E-state index in [1.165, 1.54) is 6.20 Å². The van der Waals surface area contributed by atoms with E-state index < -0.39 is 12.6 Å². The number of carboxylic acids is 1. The number of rotatable bonds is 4. The Balaban J connectivity index is 2.47. The molecule has 5 heteroatoms. The van der Waals surface area contributed by atoms with Crippen molar-refractivity contribution in [3.05, 3.63) is 17.8 Å². The van der Waals surface area contributed by atoms with E-state index in [-0.39, 0.29) is 18.7 Å². The van der Waals surface area contributed by atoms with Crippen molar-refractivity contribution in [1.29, 1.82) is 0 Å². The first-order valence-corrected chi connectivity index (χ1v) is 3.43. The molecule has 1 aromatic rings. The maximum atomic E-state index is 11.9. The molecule has 0 aliphatic carbocycles. The first-order valence-electron chi connectivity index (χ1n) is 3.43. The van der Waals surface area contributed by atoms with E-state index >= 15 is 0 Å². The molecule has 0 saturated carbocycles. The lowest BCUT2D eigenvalue weighted by atomic mass is 10.3. The molecule has 0 aliphatic rings. The van der Waals surface area contributed by atoms with Crippen LogP contribution in [0.15, 0.2) is 10.6 Å². The molecule has 0 atom stereocenters. The maximum absolute atomic E-state index is 11.9. The Hall–Kier alpha value is -1.39. The Morgan fingerprint density at radius 1 is 1.75 bits per heavy atom. The van der Waals surface area contributed by atoms with Crippen molar-refractivity contribution < 1.29 is 18.7 Å². The number of oxazole rings is 1. The van der Waals surface area contributed by atoms with Crippen LogP contribution in [0.2, 0.25) is 0 Å². The summed E-state index contributed by atoms with van der Waals surface area (Å²) in [4.78, 5) is 13.7. The minimum Gasteiger partial charge on any atom is -0.481 e. The van der Waals surface area contributed by atoms with Gasteiger partial charge >= 0.3 is 5.97 Å². The monoisotopic (exact) mass is 173 g/mol. The van der Waals surface area contributed by atoms with Gasteiger partial charge in [0.2, 0.25) is 5.89 Å². The molecule has 1 heterocycles. The zero-order valence-electron chi connectivity index (χ0n) is 6.29. The minimum atomic E-state index is -0.909. The number of hydrogen-bond acceptors (Lipinski definition) is 3. The van der Waals surface area contributed by atoms with E-state index in [9.17, 15) is 9.18 Å². The van der Waals surface area contributed by atoms with Gasteiger partial charge in [0.15, 0.2) is 6.67 Å². The molecule has 0 aromatic carbocycles. The molecule has 4 nitrogen and oxygen atoms in total. The molecule has 12 heavy (non-hydrogen) atoms. The third kappa shape index (κ3) is 2.34. The molecule has 0 radical (unpaired) electrons. The fourth-order valence-corrected chi connectivity index (χ4v) is 0.756. The third-order valence-electron chi connectivity index (χ3n) is 1.30. The standard InChI is InChI=1S/C7H8FNO3/c8-3-6-9-4-5(12-6)1-2-7(10)11/h4H,1-3H2,(H,10,11). The summed E-state index contributed by atoms with van der Waals surface area (Å²) in [5.74, 6) is -0.506. The number of aromatic nitrogens is 1. The number of nitrogens with zero attached hydrogens (tertiary/aromatic N) is 1. The summed E-state index contributed by atoms with van der Waals surface area (Å²) >= 11 is 0. The summed E-state index contributed by atoms with van der Waals surface area (Å²) in [5.41, 5.74) is 0. The van der Waals surface area contributed by atoms with Crippen LogP contribution in [0.5, 0.6) is 0 Å². The van der Waals surface area contributed by atoms with Gasteiger partial charge in [-0.1, -0.05) is 0 Å². The van der Waals surface area contributed by atoms with Crippen molar-refractivity contribution in [1.82, 2.24) is 4.98 Å². The average Bonchev–Trinajstić information content (AvgIpc) is 2.48. The number of alkyl halides is 1. The van der Waals surface area contributed by atoms with Crippen LogP contribution in [0.1, 0.15) is 18.1 Å². The van der Waals surface area contributed by atoms with Gasteiger partial charge in [0.1, 0.15) is 5.76 Å². The number of carbonyl (C=O) groups is 1. The van der Waals surface area contributed by atoms with Crippen LogP contribution in [0.3, 0.4) is 0 Å². The lowest BCUT2D eigenvalue weighted by Gasteiger charge is -1.89. The van der Waals surface area contributed by atoms with Crippen LogP contribution in [0.4, 0.5) is 4.39 Å². The molecule has 1 rings (SSSR count). The lowest BCUT2D eigenvalue weighted by Crippen LogP contribution is -1.96. The maximum Gasteiger partial charge on any atom is 0.303 e. The fraction of sp³-hybridized carbons (Fsp3) is 0.429. The number of halogens is 1. The van der Waals surface area contributed by atoms with Crippen LogP contribution in [-0.2, 0) is 17.9 Å². The van der Waals surface area contributed by atoms with Crippen LogP contribution in [-0.4, -0.2) is 16.1 Å². The van der Waals surface area contributed by atoms with Gasteiger partial charge in [-0.05, 0) is 0 Å². The largest absolute Gasteiger partial charge is 0.481 e. The highest BCUT2D eigenvalue weighted by molar-refractivity contribution is 5.66. The predicted molar refractivity (Wildman–Crippen MR) is 37.3 cm³/mol. The van der Waals surface area contributed by atoms with E-state index in [2.05, 4.69) is 4.98 Å². The molecule has 0 aliphatic heterocycles. The molecular formula is C7H8FNO3. The SMILES string of the molecule is O=C(O)CCc1cnc(CF)o1. The molecule has 1 N–H and O–H groups in total. The second kappa shape index (κ2) is 3.85. The van der Waals surface area contributed by atoms with Crippen LogP contribution >= 0.6 is 0 Å². The van der Waals surface area contributed by atoms with Crippen LogP contribution < -0.4 is 0 Å². The number of aryl methyl sites for hydroxylation is 1. The van der Waals surface area contributed by atoms with Gasteiger partial charge in [-0.3, -0.25) is 4.79 Å². The van der Waals surface area contributed by atoms with Crippen molar-refractivity contribution in [2.24, 2.45) is 0 Å². The number of hydrogen-bond donors (Lipinski definition) is 1. The summed E-state index contributed by atoms with van der Waals surface area (Å²) in [6, 6.07) is 0. The molecule has 0 amide bonds. The minimum absolute atomic E-state index is 0.00427. The van der Waals surface area contributed by atoms with E-state index in [0.717, 1.165) is 0 Å². The van der Waals surface area contributed by atoms with Crippen molar-refractivity contribution in [2.75, 3.05) is 0 Å². The zero-order chi connectivity index (χ0) is 8.97. The van der Waals surface area contributed by atoms with Crippen LogP contribution in [0.25, 0.3) is 0 Å². The van der Waals surface area contributed by atoms with Crippen molar-refractivity contribution in [3.8, 4) is 0 Å². The summed E-state index contributed by atoms with van der Waals surface area (Å²) in [5, 5.41) is 8.30. The molecule has 1 aromatic heterocycles. The Labute approximate surface area is 68.0 Å². The average molecular weight is 173 g/mol. The third-order valence-corrected chi connectivity index (χ3v) is 1.30. The molecule has 0 spiro atoms. The normalized spacial score (nSPS) is 10.1. The van der Waals surface area contributed by atoms with Gasteiger partial charge in [0.25, 0.3) is 0 Å². The highest BCUT2D eigenvalue weighted by atomic mass is 19.1. The van der Waals surface area contributed by atoms with E-state index in [1.54, 1.807) is 0 Å². The zero-order valence-corrected chi connectivity index (χ0v) is 6.29. The van der Waals surface area contributed by atoms with E-state index in [0.29, 0.717) is 5.76 Å². The molecular weight excluding hydrogens is 165 g/mol. The molecule has 0 bridgehead atoms. The molecule has 66 valence electrons. The summed E-state index contributed by atoms with van der Waals surface area (Å²) < 4.78 is 16.7. The highest BCUT2D eigenvalue weighted by Crippen LogP contribution is 2.06. The fourth-order valence-electron chi connectivity index (χ4n) is 0.756. The summed E-state index contributed by atoms with van der Waals surface area (Å²) in [7, 11) is 0. The summed E-state index contributed by atoms with van der Waals surface area (Å²) in [6.45, 7) is -0.757. The van der Waals surface area contributed by atoms with Gasteiger partial charge in [-0.2, -0.15) is 0 Å².